The number of rotatable bonds is 5. The van der Waals surface area contributed by atoms with E-state index in [4.69, 9.17) is 16.3 Å². The quantitative estimate of drug-likeness (QED) is 0.787. The Balaban J connectivity index is 1.22. The van der Waals surface area contributed by atoms with E-state index in [1.54, 1.807) is 35.6 Å². The number of halogens is 1. The summed E-state index contributed by atoms with van der Waals surface area (Å²) in [6.45, 7) is -0.0616. The van der Waals surface area contributed by atoms with E-state index in [1.807, 2.05) is 0 Å². The van der Waals surface area contributed by atoms with Gasteiger partial charge in [0.05, 0.1) is 0 Å². The topological polar surface area (TPSA) is 64.1 Å². The number of hydrogen-bond donors (Lipinski definition) is 1. The smallest absolute Gasteiger partial charge is 0.264 e. The minimum Gasteiger partial charge on any atom is -0.484 e. The van der Waals surface area contributed by atoms with E-state index in [-0.39, 0.29) is 17.9 Å². The first-order valence-corrected chi connectivity index (χ1v) is 10.8. The summed E-state index contributed by atoms with van der Waals surface area (Å²) in [5.41, 5.74) is 0.217. The van der Waals surface area contributed by atoms with Crippen molar-refractivity contribution in [3.8, 4) is 5.75 Å². The SMILES string of the molecule is O=C(COc1ccc(Cl)cc1)Nc1nnc(C23CC4CC(CC(C4)C2)C3)s1. The molecule has 0 atom stereocenters. The summed E-state index contributed by atoms with van der Waals surface area (Å²) in [7, 11) is 0. The zero-order chi connectivity index (χ0) is 18.4. The molecule has 5 nitrogen and oxygen atoms in total. The molecule has 4 aliphatic carbocycles. The minimum absolute atomic E-state index is 0.0616. The molecule has 27 heavy (non-hydrogen) atoms. The third-order valence-electron chi connectivity index (χ3n) is 6.35. The summed E-state index contributed by atoms with van der Waals surface area (Å²) in [5.74, 6) is 2.99. The van der Waals surface area contributed by atoms with E-state index >= 15 is 0 Å². The Morgan fingerprint density at radius 2 is 1.74 bits per heavy atom. The van der Waals surface area contributed by atoms with Gasteiger partial charge in [-0.15, -0.1) is 10.2 Å². The molecule has 4 bridgehead atoms. The van der Waals surface area contributed by atoms with Crippen LogP contribution in [0.15, 0.2) is 24.3 Å². The summed E-state index contributed by atoms with van der Waals surface area (Å²) >= 11 is 7.39. The van der Waals surface area contributed by atoms with Crippen LogP contribution in [0.2, 0.25) is 5.02 Å². The Hall–Kier alpha value is -1.66. The van der Waals surface area contributed by atoms with Crippen LogP contribution >= 0.6 is 22.9 Å². The molecule has 4 saturated carbocycles. The fourth-order valence-electron chi connectivity index (χ4n) is 5.70. The van der Waals surface area contributed by atoms with E-state index in [0.717, 1.165) is 22.8 Å². The van der Waals surface area contributed by atoms with E-state index < -0.39 is 0 Å². The Labute approximate surface area is 167 Å². The van der Waals surface area contributed by atoms with Crippen molar-refractivity contribution in [2.24, 2.45) is 17.8 Å². The number of nitrogens with one attached hydrogen (secondary N) is 1. The first-order valence-electron chi connectivity index (χ1n) is 9.60. The van der Waals surface area contributed by atoms with Crippen LogP contribution in [0.5, 0.6) is 5.75 Å². The molecule has 1 aromatic carbocycles. The van der Waals surface area contributed by atoms with Crippen LogP contribution in [0.25, 0.3) is 0 Å². The monoisotopic (exact) mass is 403 g/mol. The fourth-order valence-corrected chi connectivity index (χ4v) is 6.80. The predicted octanol–water partition coefficient (Wildman–Crippen LogP) is 4.68. The van der Waals surface area contributed by atoms with Crippen LogP contribution in [-0.4, -0.2) is 22.7 Å². The van der Waals surface area contributed by atoms with E-state index in [2.05, 4.69) is 15.5 Å². The largest absolute Gasteiger partial charge is 0.484 e. The standard InChI is InChI=1S/C20H22ClN3O2S/c21-15-1-3-16(4-2-15)26-11-17(25)22-19-24-23-18(27-19)20-8-12-5-13(9-20)7-14(6-12)10-20/h1-4,12-14H,5-11H2,(H,22,24,25). The van der Waals surface area contributed by atoms with Gasteiger partial charge in [0.15, 0.2) is 6.61 Å². The molecule has 1 heterocycles. The maximum atomic E-state index is 12.2. The van der Waals surface area contributed by atoms with Gasteiger partial charge in [0.25, 0.3) is 5.91 Å². The molecule has 0 aliphatic heterocycles. The lowest BCUT2D eigenvalue weighted by atomic mass is 9.50. The van der Waals surface area contributed by atoms with Crippen molar-refractivity contribution in [1.82, 2.24) is 10.2 Å². The highest BCUT2D eigenvalue weighted by molar-refractivity contribution is 7.15. The lowest BCUT2D eigenvalue weighted by Crippen LogP contribution is -2.48. The van der Waals surface area contributed by atoms with Crippen LogP contribution in [-0.2, 0) is 10.2 Å². The van der Waals surface area contributed by atoms with Crippen LogP contribution < -0.4 is 10.1 Å². The molecule has 0 spiro atoms. The molecule has 4 fully saturated rings. The predicted molar refractivity (Wildman–Crippen MR) is 105 cm³/mol. The average molecular weight is 404 g/mol. The van der Waals surface area contributed by atoms with Crippen LogP contribution in [0.4, 0.5) is 5.13 Å². The maximum Gasteiger partial charge on any atom is 0.264 e. The van der Waals surface area contributed by atoms with Gasteiger partial charge in [-0.2, -0.15) is 0 Å². The minimum atomic E-state index is -0.224. The Bertz CT molecular complexity index is 816. The second-order valence-corrected chi connectivity index (χ2v) is 9.81. The Morgan fingerprint density at radius 3 is 2.37 bits per heavy atom. The van der Waals surface area contributed by atoms with Crippen molar-refractivity contribution < 1.29 is 9.53 Å². The number of benzene rings is 1. The van der Waals surface area contributed by atoms with Gasteiger partial charge in [-0.1, -0.05) is 22.9 Å². The average Bonchev–Trinajstić information content (AvgIpc) is 3.09. The molecule has 0 saturated heterocycles. The van der Waals surface area contributed by atoms with Gasteiger partial charge >= 0.3 is 0 Å². The third-order valence-corrected chi connectivity index (χ3v) is 7.68. The zero-order valence-electron chi connectivity index (χ0n) is 15.0. The molecule has 1 aromatic heterocycles. The molecule has 0 radical (unpaired) electrons. The molecule has 7 heteroatoms. The number of aromatic nitrogens is 2. The van der Waals surface area contributed by atoms with Crippen molar-refractivity contribution in [2.75, 3.05) is 11.9 Å². The zero-order valence-corrected chi connectivity index (χ0v) is 16.6. The molecule has 6 rings (SSSR count). The van der Waals surface area contributed by atoms with Crippen molar-refractivity contribution in [3.63, 3.8) is 0 Å². The maximum absolute atomic E-state index is 12.2. The highest BCUT2D eigenvalue weighted by Crippen LogP contribution is 2.61. The summed E-state index contributed by atoms with van der Waals surface area (Å²) in [4.78, 5) is 12.2. The van der Waals surface area contributed by atoms with Crippen LogP contribution in [0, 0.1) is 17.8 Å². The van der Waals surface area contributed by atoms with Gasteiger partial charge in [0.1, 0.15) is 10.8 Å². The van der Waals surface area contributed by atoms with Gasteiger partial charge in [-0.25, -0.2) is 0 Å². The Morgan fingerprint density at radius 1 is 1.11 bits per heavy atom. The highest BCUT2D eigenvalue weighted by Gasteiger charge is 2.53. The van der Waals surface area contributed by atoms with Crippen molar-refractivity contribution in [3.05, 3.63) is 34.3 Å². The number of amides is 1. The van der Waals surface area contributed by atoms with Gasteiger partial charge in [-0.3, -0.25) is 10.1 Å². The van der Waals surface area contributed by atoms with Crippen molar-refractivity contribution >= 4 is 34.0 Å². The van der Waals surface area contributed by atoms with E-state index in [1.165, 1.54) is 38.5 Å². The molecule has 4 aliphatic rings. The summed E-state index contributed by atoms with van der Waals surface area (Å²) in [6, 6.07) is 6.95. The highest BCUT2D eigenvalue weighted by atomic mass is 35.5. The molecule has 1 N–H and O–H groups in total. The molecule has 0 unspecified atom stereocenters. The Kier molecular flexibility index (Phi) is 4.36. The lowest BCUT2D eigenvalue weighted by molar-refractivity contribution is -0.118. The molecule has 142 valence electrons. The molecule has 1 amide bonds. The first kappa shape index (κ1) is 17.4. The number of ether oxygens (including phenoxy) is 1. The summed E-state index contributed by atoms with van der Waals surface area (Å²) < 4.78 is 5.49. The second kappa shape index (κ2) is 6.74. The van der Waals surface area contributed by atoms with Crippen molar-refractivity contribution in [1.29, 1.82) is 0 Å². The number of carbonyl (C=O) groups is 1. The van der Waals surface area contributed by atoms with E-state index in [9.17, 15) is 4.79 Å². The van der Waals surface area contributed by atoms with Gasteiger partial charge < -0.3 is 4.74 Å². The lowest BCUT2D eigenvalue weighted by Gasteiger charge is -2.55. The number of nitrogens with zero attached hydrogens (tertiary/aromatic N) is 2. The number of anilines is 1. The van der Waals surface area contributed by atoms with Crippen LogP contribution in [0.1, 0.15) is 43.5 Å². The van der Waals surface area contributed by atoms with E-state index in [0.29, 0.717) is 15.9 Å². The van der Waals surface area contributed by atoms with Crippen LogP contribution in [0.3, 0.4) is 0 Å². The van der Waals surface area contributed by atoms with Gasteiger partial charge in [0.2, 0.25) is 5.13 Å². The summed E-state index contributed by atoms with van der Waals surface area (Å²) in [6.07, 6.45) is 7.97. The molecule has 2 aromatic rings. The van der Waals surface area contributed by atoms with Gasteiger partial charge in [0, 0.05) is 10.4 Å². The number of hydrogen-bond acceptors (Lipinski definition) is 5. The van der Waals surface area contributed by atoms with Crippen molar-refractivity contribution in [2.45, 2.75) is 43.9 Å². The third kappa shape index (κ3) is 3.45. The fraction of sp³-hybridized carbons (Fsp3) is 0.550. The summed E-state index contributed by atoms with van der Waals surface area (Å²) in [5, 5.41) is 13.9. The number of carbonyl (C=O) groups excluding carboxylic acids is 1. The molecular weight excluding hydrogens is 382 g/mol. The normalized spacial score (nSPS) is 31.1. The second-order valence-electron chi connectivity index (χ2n) is 8.40. The first-order chi connectivity index (χ1) is 13.1. The molecular formula is C20H22ClN3O2S. The van der Waals surface area contributed by atoms with Gasteiger partial charge in [-0.05, 0) is 80.5 Å².